The summed E-state index contributed by atoms with van der Waals surface area (Å²) >= 11 is 0. The molecular weight excluding hydrogens is 135 g/mol. The van der Waals surface area contributed by atoms with Crippen molar-refractivity contribution in [2.45, 2.75) is 38.8 Å². The van der Waals surface area contributed by atoms with Crippen LogP contribution in [-0.4, -0.2) is 15.4 Å². The van der Waals surface area contributed by atoms with Crippen LogP contribution < -0.4 is 0 Å². The Morgan fingerprint density at radius 3 is 2.00 bits per heavy atom. The van der Waals surface area contributed by atoms with Crippen molar-refractivity contribution in [3.8, 4) is 0 Å². The van der Waals surface area contributed by atoms with Crippen LogP contribution in [-0.2, 0) is 0 Å². The van der Waals surface area contributed by atoms with E-state index in [2.05, 4.69) is 6.92 Å². The van der Waals surface area contributed by atoms with Crippen molar-refractivity contribution >= 4 is 8.38 Å². The molecule has 0 rings (SSSR count). The van der Waals surface area contributed by atoms with Crippen LogP contribution in [0, 0.1) is 0 Å². The van der Waals surface area contributed by atoms with Gasteiger partial charge < -0.3 is 9.79 Å². The molecule has 0 aromatic rings. The van der Waals surface area contributed by atoms with Crippen LogP contribution >= 0.6 is 8.38 Å². The molecule has 1 unspecified atom stereocenters. The van der Waals surface area contributed by atoms with E-state index in [1.807, 2.05) is 6.92 Å². The topological polar surface area (TPSA) is 40.5 Å². The summed E-state index contributed by atoms with van der Waals surface area (Å²) in [7, 11) is -1.67. The molecule has 0 fully saturated rings. The first-order valence-corrected chi connectivity index (χ1v) is 4.71. The van der Waals surface area contributed by atoms with E-state index < -0.39 is 8.38 Å². The Labute approximate surface area is 57.8 Å². The summed E-state index contributed by atoms with van der Waals surface area (Å²) in [6.45, 7) is 4.05. The Kier molecular flexibility index (Phi) is 5.36. The zero-order valence-electron chi connectivity index (χ0n) is 6.04. The van der Waals surface area contributed by atoms with E-state index in [1.165, 1.54) is 0 Å². The Bertz CT molecular complexity index is 66.1. The van der Waals surface area contributed by atoms with Gasteiger partial charge in [-0.1, -0.05) is 20.3 Å². The lowest BCUT2D eigenvalue weighted by Gasteiger charge is -2.13. The first-order chi connectivity index (χ1) is 4.22. The van der Waals surface area contributed by atoms with Crippen molar-refractivity contribution in [2.24, 2.45) is 0 Å². The van der Waals surface area contributed by atoms with Gasteiger partial charge in [0.25, 0.3) is 0 Å². The van der Waals surface area contributed by atoms with Crippen LogP contribution in [0.2, 0.25) is 0 Å². The van der Waals surface area contributed by atoms with E-state index in [9.17, 15) is 0 Å². The molecule has 0 aromatic carbocycles. The lowest BCUT2D eigenvalue weighted by atomic mass is 10.2. The molecule has 0 heterocycles. The molecule has 0 aliphatic rings. The molecular formula is C6H15O2P. The van der Waals surface area contributed by atoms with E-state index in [4.69, 9.17) is 9.79 Å². The largest absolute Gasteiger partial charge is 0.350 e. The molecule has 0 spiro atoms. The van der Waals surface area contributed by atoms with Gasteiger partial charge in [0.1, 0.15) is 0 Å². The monoisotopic (exact) mass is 150 g/mol. The van der Waals surface area contributed by atoms with Crippen molar-refractivity contribution in [2.75, 3.05) is 0 Å². The van der Waals surface area contributed by atoms with Crippen molar-refractivity contribution < 1.29 is 9.79 Å². The Morgan fingerprint density at radius 1 is 1.33 bits per heavy atom. The fourth-order valence-corrected chi connectivity index (χ4v) is 1.63. The fourth-order valence-electron chi connectivity index (χ4n) is 0.816. The normalized spacial score (nSPS) is 14.3. The number of hydrogen-bond donors (Lipinski definition) is 2. The Morgan fingerprint density at radius 2 is 1.89 bits per heavy atom. The maximum Gasteiger partial charge on any atom is 0.168 e. The van der Waals surface area contributed by atoms with Crippen molar-refractivity contribution in [1.82, 2.24) is 0 Å². The first-order valence-electron chi connectivity index (χ1n) is 3.39. The Balaban J connectivity index is 3.41. The summed E-state index contributed by atoms with van der Waals surface area (Å²) < 4.78 is 0. The molecule has 56 valence electrons. The maximum absolute atomic E-state index is 8.76. The minimum Gasteiger partial charge on any atom is -0.350 e. The summed E-state index contributed by atoms with van der Waals surface area (Å²) in [5, 5.41) is 0. The predicted octanol–water partition coefficient (Wildman–Crippen LogP) is 1.86. The van der Waals surface area contributed by atoms with Gasteiger partial charge in [0, 0.05) is 5.66 Å². The van der Waals surface area contributed by atoms with E-state index in [0.29, 0.717) is 0 Å². The van der Waals surface area contributed by atoms with E-state index in [-0.39, 0.29) is 5.66 Å². The highest BCUT2D eigenvalue weighted by Gasteiger charge is 2.12. The van der Waals surface area contributed by atoms with Gasteiger partial charge in [0.05, 0.1) is 0 Å². The van der Waals surface area contributed by atoms with Crippen LogP contribution in [0.3, 0.4) is 0 Å². The quantitative estimate of drug-likeness (QED) is 0.600. The van der Waals surface area contributed by atoms with Crippen LogP contribution in [0.5, 0.6) is 0 Å². The molecule has 0 saturated heterocycles. The fraction of sp³-hybridized carbons (Fsp3) is 1.00. The number of rotatable bonds is 4. The number of hydrogen-bond acceptors (Lipinski definition) is 2. The third-order valence-corrected chi connectivity index (χ3v) is 2.70. The molecule has 9 heavy (non-hydrogen) atoms. The molecule has 0 aromatic heterocycles. The summed E-state index contributed by atoms with van der Waals surface area (Å²) in [4.78, 5) is 17.5. The molecule has 3 heteroatoms. The minimum atomic E-state index is -1.67. The molecule has 0 saturated carbocycles. The highest BCUT2D eigenvalue weighted by atomic mass is 31.2. The zero-order valence-corrected chi connectivity index (χ0v) is 6.93. The van der Waals surface area contributed by atoms with Gasteiger partial charge in [0.2, 0.25) is 0 Å². The second-order valence-corrected chi connectivity index (χ2v) is 3.54. The van der Waals surface area contributed by atoms with E-state index >= 15 is 0 Å². The van der Waals surface area contributed by atoms with Crippen LogP contribution in [0.1, 0.15) is 33.1 Å². The average molecular weight is 150 g/mol. The average Bonchev–Trinajstić information content (AvgIpc) is 1.82. The zero-order chi connectivity index (χ0) is 7.28. The highest BCUT2D eigenvalue weighted by Crippen LogP contribution is 2.35. The van der Waals surface area contributed by atoms with Gasteiger partial charge in [-0.2, -0.15) is 0 Å². The predicted molar refractivity (Wildman–Crippen MR) is 40.3 cm³/mol. The Hall–Kier alpha value is 0.350. The van der Waals surface area contributed by atoms with Crippen molar-refractivity contribution in [3.05, 3.63) is 0 Å². The summed E-state index contributed by atoms with van der Waals surface area (Å²) in [6, 6.07) is 0. The van der Waals surface area contributed by atoms with Crippen molar-refractivity contribution in [3.63, 3.8) is 0 Å². The lowest BCUT2D eigenvalue weighted by Crippen LogP contribution is -2.01. The van der Waals surface area contributed by atoms with E-state index in [1.54, 1.807) is 0 Å². The molecule has 0 amide bonds. The third kappa shape index (κ3) is 3.85. The smallest absolute Gasteiger partial charge is 0.168 e. The lowest BCUT2D eigenvalue weighted by molar-refractivity contribution is 0.454. The summed E-state index contributed by atoms with van der Waals surface area (Å²) in [5.74, 6) is 0. The maximum atomic E-state index is 8.76. The van der Waals surface area contributed by atoms with Crippen LogP contribution in [0.25, 0.3) is 0 Å². The standard InChI is InChI=1S/C6H15O2P/c1-3-5-6(4-2)9(7)8/h6-8H,3-5H2,1-2H3. The van der Waals surface area contributed by atoms with Gasteiger partial charge in [-0.3, -0.25) is 0 Å². The third-order valence-electron chi connectivity index (χ3n) is 1.42. The minimum absolute atomic E-state index is 0.144. The molecule has 0 radical (unpaired) electrons. The van der Waals surface area contributed by atoms with Gasteiger partial charge in [-0.15, -0.1) is 0 Å². The molecule has 0 bridgehead atoms. The van der Waals surface area contributed by atoms with Gasteiger partial charge in [-0.25, -0.2) is 0 Å². The molecule has 2 nitrogen and oxygen atoms in total. The van der Waals surface area contributed by atoms with Gasteiger partial charge >= 0.3 is 0 Å². The highest BCUT2D eigenvalue weighted by molar-refractivity contribution is 7.45. The molecule has 0 aliphatic carbocycles. The van der Waals surface area contributed by atoms with Gasteiger partial charge in [0.15, 0.2) is 8.38 Å². The second kappa shape index (κ2) is 5.16. The van der Waals surface area contributed by atoms with E-state index in [0.717, 1.165) is 19.3 Å². The van der Waals surface area contributed by atoms with Crippen LogP contribution in [0.4, 0.5) is 0 Å². The van der Waals surface area contributed by atoms with Gasteiger partial charge in [-0.05, 0) is 12.8 Å². The van der Waals surface area contributed by atoms with Crippen molar-refractivity contribution in [1.29, 1.82) is 0 Å². The summed E-state index contributed by atoms with van der Waals surface area (Å²) in [6.07, 6.45) is 2.86. The summed E-state index contributed by atoms with van der Waals surface area (Å²) in [5.41, 5.74) is 0.144. The molecule has 2 N–H and O–H groups in total. The second-order valence-electron chi connectivity index (χ2n) is 2.17. The SMILES string of the molecule is CCCC(CC)P(O)O. The first kappa shape index (κ1) is 9.35. The molecule has 0 aliphatic heterocycles. The molecule has 1 atom stereocenters. The van der Waals surface area contributed by atoms with Crippen LogP contribution in [0.15, 0.2) is 0 Å².